The molecule has 2 heteroatoms. The normalized spacial score (nSPS) is 44.1. The van der Waals surface area contributed by atoms with Crippen LogP contribution in [0.5, 0.6) is 0 Å². The zero-order valence-corrected chi connectivity index (χ0v) is 11.5. The first kappa shape index (κ1) is 12.0. The van der Waals surface area contributed by atoms with E-state index >= 15 is 0 Å². The van der Waals surface area contributed by atoms with E-state index in [4.69, 9.17) is 0 Å². The summed E-state index contributed by atoms with van der Waals surface area (Å²) in [5.41, 5.74) is 0. The number of piperazine rings is 1. The van der Waals surface area contributed by atoms with Gasteiger partial charge in [0.1, 0.15) is 0 Å². The molecule has 3 fully saturated rings. The topological polar surface area (TPSA) is 15.3 Å². The summed E-state index contributed by atoms with van der Waals surface area (Å²) in [6.45, 7) is 8.75. The van der Waals surface area contributed by atoms with Crippen LogP contribution in [-0.4, -0.2) is 36.6 Å². The zero-order chi connectivity index (χ0) is 11.8. The van der Waals surface area contributed by atoms with E-state index in [1.807, 2.05) is 0 Å². The van der Waals surface area contributed by atoms with Gasteiger partial charge in [0.15, 0.2) is 0 Å². The first-order valence-electron chi connectivity index (χ1n) is 7.71. The van der Waals surface area contributed by atoms with Gasteiger partial charge >= 0.3 is 0 Å². The van der Waals surface area contributed by atoms with Crippen LogP contribution in [0.3, 0.4) is 0 Å². The third kappa shape index (κ3) is 2.68. The van der Waals surface area contributed by atoms with Gasteiger partial charge in [-0.1, -0.05) is 19.8 Å². The number of rotatable bonds is 3. The summed E-state index contributed by atoms with van der Waals surface area (Å²) in [4.78, 5) is 2.78. The Kier molecular flexibility index (Phi) is 3.45. The minimum absolute atomic E-state index is 0.748. The molecule has 3 aliphatic rings. The molecule has 1 aliphatic heterocycles. The van der Waals surface area contributed by atoms with E-state index in [2.05, 4.69) is 24.1 Å². The molecule has 0 aromatic carbocycles. The summed E-state index contributed by atoms with van der Waals surface area (Å²) in [6, 6.07) is 1.56. The lowest BCUT2D eigenvalue weighted by Gasteiger charge is -2.41. The molecule has 2 saturated carbocycles. The number of hydrogen-bond donors (Lipinski definition) is 1. The minimum atomic E-state index is 0.748. The minimum Gasteiger partial charge on any atom is -0.311 e. The molecule has 4 unspecified atom stereocenters. The molecule has 98 valence electrons. The number of hydrogen-bond acceptors (Lipinski definition) is 2. The molecule has 2 aliphatic carbocycles. The van der Waals surface area contributed by atoms with Gasteiger partial charge < -0.3 is 5.32 Å². The van der Waals surface area contributed by atoms with E-state index in [1.165, 1.54) is 51.7 Å². The van der Waals surface area contributed by atoms with Gasteiger partial charge in [-0.05, 0) is 43.9 Å². The summed E-state index contributed by atoms with van der Waals surface area (Å²) < 4.78 is 0. The zero-order valence-electron chi connectivity index (χ0n) is 11.5. The van der Waals surface area contributed by atoms with Crippen molar-refractivity contribution in [3.63, 3.8) is 0 Å². The van der Waals surface area contributed by atoms with Crippen LogP contribution >= 0.6 is 0 Å². The lowest BCUT2D eigenvalue weighted by atomic mass is 9.95. The Morgan fingerprint density at radius 3 is 2.59 bits per heavy atom. The Balaban J connectivity index is 1.56. The Labute approximate surface area is 106 Å². The molecule has 0 bridgehead atoms. The molecule has 0 radical (unpaired) electrons. The molecule has 0 spiro atoms. The highest BCUT2D eigenvalue weighted by atomic mass is 15.2. The predicted octanol–water partition coefficient (Wildman–Crippen LogP) is 2.49. The van der Waals surface area contributed by atoms with E-state index in [1.54, 1.807) is 0 Å². The van der Waals surface area contributed by atoms with E-state index in [9.17, 15) is 0 Å². The summed E-state index contributed by atoms with van der Waals surface area (Å²) in [6.07, 6.45) is 7.36. The predicted molar refractivity (Wildman–Crippen MR) is 72.1 cm³/mol. The highest BCUT2D eigenvalue weighted by molar-refractivity contribution is 4.94. The second-order valence-electron chi connectivity index (χ2n) is 6.82. The van der Waals surface area contributed by atoms with E-state index in [0.717, 1.165) is 29.8 Å². The first-order chi connectivity index (χ1) is 8.24. The van der Waals surface area contributed by atoms with Crippen LogP contribution in [0.2, 0.25) is 0 Å². The van der Waals surface area contributed by atoms with Crippen molar-refractivity contribution >= 4 is 0 Å². The molecule has 1 heterocycles. The maximum atomic E-state index is 3.76. The standard InChI is InChI=1S/C15H28N2/c1-11-4-3-5-14(11)9-17-10-15(13-6-7-13)16-8-12(17)2/h11-16H,3-10H2,1-2H3. The van der Waals surface area contributed by atoms with Crippen molar-refractivity contribution in [1.29, 1.82) is 0 Å². The van der Waals surface area contributed by atoms with E-state index in [-0.39, 0.29) is 0 Å². The summed E-state index contributed by atoms with van der Waals surface area (Å²) in [5.74, 6) is 2.96. The second kappa shape index (κ2) is 4.89. The lowest BCUT2D eigenvalue weighted by Crippen LogP contribution is -2.57. The third-order valence-corrected chi connectivity index (χ3v) is 5.43. The molecule has 4 atom stereocenters. The van der Waals surface area contributed by atoms with Crippen molar-refractivity contribution in [2.24, 2.45) is 17.8 Å². The SMILES string of the molecule is CC1CCCC1CN1CC(C2CC2)NCC1C. The summed E-state index contributed by atoms with van der Waals surface area (Å²) in [5, 5.41) is 3.76. The molecular weight excluding hydrogens is 208 g/mol. The van der Waals surface area contributed by atoms with Gasteiger partial charge in [-0.3, -0.25) is 4.90 Å². The molecule has 1 N–H and O–H groups in total. The molecule has 0 amide bonds. The Morgan fingerprint density at radius 1 is 1.12 bits per heavy atom. The van der Waals surface area contributed by atoms with Crippen molar-refractivity contribution in [2.75, 3.05) is 19.6 Å². The van der Waals surface area contributed by atoms with Gasteiger partial charge in [-0.25, -0.2) is 0 Å². The summed E-state index contributed by atoms with van der Waals surface area (Å²) >= 11 is 0. The van der Waals surface area contributed by atoms with Crippen molar-refractivity contribution < 1.29 is 0 Å². The van der Waals surface area contributed by atoms with Crippen molar-refractivity contribution in [1.82, 2.24) is 10.2 Å². The van der Waals surface area contributed by atoms with Gasteiger partial charge in [0.2, 0.25) is 0 Å². The highest BCUT2D eigenvalue weighted by Crippen LogP contribution is 2.36. The van der Waals surface area contributed by atoms with Gasteiger partial charge in [0.25, 0.3) is 0 Å². The maximum absolute atomic E-state index is 3.76. The fraction of sp³-hybridized carbons (Fsp3) is 1.00. The first-order valence-corrected chi connectivity index (χ1v) is 7.71. The smallest absolute Gasteiger partial charge is 0.0224 e. The van der Waals surface area contributed by atoms with Crippen LogP contribution < -0.4 is 5.32 Å². The number of nitrogens with zero attached hydrogens (tertiary/aromatic N) is 1. The van der Waals surface area contributed by atoms with Crippen molar-refractivity contribution in [3.05, 3.63) is 0 Å². The van der Waals surface area contributed by atoms with Crippen LogP contribution in [-0.2, 0) is 0 Å². The molecule has 2 nitrogen and oxygen atoms in total. The average Bonchev–Trinajstić information content (AvgIpc) is 3.08. The Bertz CT molecular complexity index is 262. The second-order valence-corrected chi connectivity index (χ2v) is 6.82. The van der Waals surface area contributed by atoms with Gasteiger partial charge in [-0.2, -0.15) is 0 Å². The van der Waals surface area contributed by atoms with E-state index < -0.39 is 0 Å². The fourth-order valence-corrected chi connectivity index (χ4v) is 3.81. The third-order valence-electron chi connectivity index (χ3n) is 5.43. The maximum Gasteiger partial charge on any atom is 0.0224 e. The summed E-state index contributed by atoms with van der Waals surface area (Å²) in [7, 11) is 0. The monoisotopic (exact) mass is 236 g/mol. The highest BCUT2D eigenvalue weighted by Gasteiger charge is 2.37. The fourth-order valence-electron chi connectivity index (χ4n) is 3.81. The van der Waals surface area contributed by atoms with E-state index in [0.29, 0.717) is 0 Å². The average molecular weight is 236 g/mol. The van der Waals surface area contributed by atoms with Gasteiger partial charge in [-0.15, -0.1) is 0 Å². The van der Waals surface area contributed by atoms with Crippen molar-refractivity contribution in [2.45, 2.75) is 58.0 Å². The molecular formula is C15H28N2. The molecule has 3 rings (SSSR count). The Hall–Kier alpha value is -0.0800. The van der Waals surface area contributed by atoms with Crippen LogP contribution in [0.25, 0.3) is 0 Å². The molecule has 0 aromatic heterocycles. The largest absolute Gasteiger partial charge is 0.311 e. The van der Waals surface area contributed by atoms with Gasteiger partial charge in [0, 0.05) is 31.7 Å². The van der Waals surface area contributed by atoms with Crippen molar-refractivity contribution in [3.8, 4) is 0 Å². The Morgan fingerprint density at radius 2 is 1.94 bits per heavy atom. The quantitative estimate of drug-likeness (QED) is 0.810. The molecule has 1 saturated heterocycles. The van der Waals surface area contributed by atoms with Crippen LogP contribution in [0.4, 0.5) is 0 Å². The molecule has 0 aromatic rings. The van der Waals surface area contributed by atoms with Gasteiger partial charge in [0.05, 0.1) is 0 Å². The molecule has 17 heavy (non-hydrogen) atoms. The van der Waals surface area contributed by atoms with Crippen LogP contribution in [0.15, 0.2) is 0 Å². The lowest BCUT2D eigenvalue weighted by molar-refractivity contribution is 0.105. The van der Waals surface area contributed by atoms with Crippen LogP contribution in [0.1, 0.15) is 46.0 Å². The number of nitrogens with one attached hydrogen (secondary N) is 1. The van der Waals surface area contributed by atoms with Crippen LogP contribution in [0, 0.1) is 17.8 Å².